The van der Waals surface area contributed by atoms with Crippen LogP contribution in [0, 0.1) is 0 Å². The molecule has 0 aromatic heterocycles. The highest BCUT2D eigenvalue weighted by Crippen LogP contribution is 1.97. The summed E-state index contributed by atoms with van der Waals surface area (Å²) in [5.74, 6) is 0.0197. The van der Waals surface area contributed by atoms with Gasteiger partial charge in [0.1, 0.15) is 0 Å². The molecule has 0 saturated carbocycles. The molecule has 0 bridgehead atoms. The second kappa shape index (κ2) is 7.18. The summed E-state index contributed by atoms with van der Waals surface area (Å²) in [6, 6.07) is 0. The van der Waals surface area contributed by atoms with Gasteiger partial charge in [-0.15, -0.1) is 0 Å². The average molecular weight is 182 g/mol. The van der Waals surface area contributed by atoms with Crippen LogP contribution in [0.2, 0.25) is 0 Å². The Hall–Kier alpha value is -1.48. The number of hydrogen-bond donors (Lipinski definition) is 1. The fraction of sp³-hybridized carbons (Fsp3) is 0.625. The van der Waals surface area contributed by atoms with Gasteiger partial charge in [0.05, 0.1) is 5.70 Å². The lowest BCUT2D eigenvalue weighted by molar-refractivity contribution is -0.113. The van der Waals surface area contributed by atoms with E-state index >= 15 is 0 Å². The van der Waals surface area contributed by atoms with Gasteiger partial charge in [0.25, 0.3) is 0 Å². The van der Waals surface area contributed by atoms with Crippen molar-refractivity contribution in [3.8, 4) is 0 Å². The largest absolute Gasteiger partial charge is 0.386 e. The SMILES string of the molecule is CN/C(=C/CCCN=[N+]=[N-])C(C)=O. The van der Waals surface area contributed by atoms with E-state index in [-0.39, 0.29) is 5.78 Å². The molecule has 5 heteroatoms. The number of carbonyl (C=O) groups is 1. The number of likely N-dealkylation sites (N-methyl/N-ethyl adjacent to an activating group) is 1. The van der Waals surface area contributed by atoms with E-state index in [1.807, 2.05) is 6.08 Å². The highest BCUT2D eigenvalue weighted by molar-refractivity contribution is 5.92. The summed E-state index contributed by atoms with van der Waals surface area (Å²) in [4.78, 5) is 13.5. The van der Waals surface area contributed by atoms with Crippen LogP contribution < -0.4 is 5.32 Å². The van der Waals surface area contributed by atoms with Crippen molar-refractivity contribution >= 4 is 5.78 Å². The summed E-state index contributed by atoms with van der Waals surface area (Å²) >= 11 is 0. The van der Waals surface area contributed by atoms with Crippen LogP contribution in [0.3, 0.4) is 0 Å². The molecule has 0 saturated heterocycles. The molecule has 0 unspecified atom stereocenters. The van der Waals surface area contributed by atoms with E-state index in [1.54, 1.807) is 7.05 Å². The molecule has 13 heavy (non-hydrogen) atoms. The highest BCUT2D eigenvalue weighted by atomic mass is 16.1. The molecule has 0 aliphatic heterocycles. The Morgan fingerprint density at radius 3 is 2.85 bits per heavy atom. The maximum atomic E-state index is 10.9. The van der Waals surface area contributed by atoms with Gasteiger partial charge in [-0.25, -0.2) is 0 Å². The van der Waals surface area contributed by atoms with Crippen molar-refractivity contribution in [2.75, 3.05) is 13.6 Å². The first-order valence-corrected chi connectivity index (χ1v) is 4.12. The minimum absolute atomic E-state index is 0.0197. The number of carbonyl (C=O) groups excluding carboxylic acids is 1. The first-order chi connectivity index (χ1) is 6.22. The van der Waals surface area contributed by atoms with Gasteiger partial charge in [0.15, 0.2) is 5.78 Å². The highest BCUT2D eigenvalue weighted by Gasteiger charge is 1.97. The maximum absolute atomic E-state index is 10.9. The summed E-state index contributed by atoms with van der Waals surface area (Å²) in [5, 5.41) is 6.19. The molecule has 0 aliphatic carbocycles. The quantitative estimate of drug-likeness (QED) is 0.223. The van der Waals surface area contributed by atoms with E-state index in [0.29, 0.717) is 12.2 Å². The smallest absolute Gasteiger partial charge is 0.175 e. The number of nitrogens with one attached hydrogen (secondary N) is 1. The number of ketones is 1. The van der Waals surface area contributed by atoms with Crippen molar-refractivity contribution in [2.45, 2.75) is 19.8 Å². The monoisotopic (exact) mass is 182 g/mol. The van der Waals surface area contributed by atoms with Gasteiger partial charge in [-0.05, 0) is 18.4 Å². The van der Waals surface area contributed by atoms with Crippen molar-refractivity contribution in [3.63, 3.8) is 0 Å². The first kappa shape index (κ1) is 11.5. The molecule has 0 aliphatic rings. The van der Waals surface area contributed by atoms with Crippen LogP contribution in [0.4, 0.5) is 0 Å². The second-order valence-electron chi connectivity index (χ2n) is 2.52. The molecular formula is C8H14N4O. The fourth-order valence-corrected chi connectivity index (χ4v) is 0.875. The Morgan fingerprint density at radius 2 is 2.38 bits per heavy atom. The number of Topliss-reactive ketones (excluding diaryl/α,β-unsaturated/α-hetero) is 1. The Bertz CT molecular complexity index is 241. The van der Waals surface area contributed by atoms with Gasteiger partial charge in [-0.3, -0.25) is 4.79 Å². The summed E-state index contributed by atoms with van der Waals surface area (Å²) in [5.41, 5.74) is 8.60. The third-order valence-corrected chi connectivity index (χ3v) is 1.52. The standard InChI is InChI=1S/C8H14N4O/c1-7(13)8(10-2)5-3-4-6-11-12-9/h5,10H,3-4,6H2,1-2H3/b8-5+. The molecule has 0 atom stereocenters. The topological polar surface area (TPSA) is 77.9 Å². The van der Waals surface area contributed by atoms with Gasteiger partial charge in [0, 0.05) is 25.4 Å². The van der Waals surface area contributed by atoms with Crippen molar-refractivity contribution < 1.29 is 4.79 Å². The van der Waals surface area contributed by atoms with Crippen LogP contribution in [0.15, 0.2) is 16.9 Å². The average Bonchev–Trinajstić information content (AvgIpc) is 2.10. The number of unbranched alkanes of at least 4 members (excludes halogenated alkanes) is 1. The Balaban J connectivity index is 3.80. The molecule has 0 aromatic rings. The lowest BCUT2D eigenvalue weighted by atomic mass is 10.2. The number of rotatable bonds is 6. The van der Waals surface area contributed by atoms with Crippen molar-refractivity contribution in [3.05, 3.63) is 22.2 Å². The van der Waals surface area contributed by atoms with Gasteiger partial charge >= 0.3 is 0 Å². The van der Waals surface area contributed by atoms with Crippen LogP contribution in [0.1, 0.15) is 19.8 Å². The number of azide groups is 1. The molecular weight excluding hydrogens is 168 g/mol. The minimum Gasteiger partial charge on any atom is -0.386 e. The van der Waals surface area contributed by atoms with E-state index in [2.05, 4.69) is 15.3 Å². The second-order valence-corrected chi connectivity index (χ2v) is 2.52. The molecule has 0 heterocycles. The summed E-state index contributed by atoms with van der Waals surface area (Å²) in [7, 11) is 1.71. The van der Waals surface area contributed by atoms with Crippen LogP contribution in [0.5, 0.6) is 0 Å². The van der Waals surface area contributed by atoms with E-state index in [0.717, 1.165) is 12.8 Å². The normalized spacial score (nSPS) is 10.5. The van der Waals surface area contributed by atoms with E-state index < -0.39 is 0 Å². The fourth-order valence-electron chi connectivity index (χ4n) is 0.875. The van der Waals surface area contributed by atoms with E-state index in [9.17, 15) is 4.79 Å². The van der Waals surface area contributed by atoms with Crippen LogP contribution in [-0.4, -0.2) is 19.4 Å². The van der Waals surface area contributed by atoms with E-state index in [1.165, 1.54) is 6.92 Å². The van der Waals surface area contributed by atoms with Crippen LogP contribution in [-0.2, 0) is 4.79 Å². The molecule has 0 aromatic carbocycles. The van der Waals surface area contributed by atoms with Crippen LogP contribution >= 0.6 is 0 Å². The molecule has 0 radical (unpaired) electrons. The predicted octanol–water partition coefficient (Wildman–Crippen LogP) is 1.77. The number of hydrogen-bond acceptors (Lipinski definition) is 3. The summed E-state index contributed by atoms with van der Waals surface area (Å²) in [6.07, 6.45) is 3.33. The first-order valence-electron chi connectivity index (χ1n) is 4.12. The molecule has 0 rings (SSSR count). The third-order valence-electron chi connectivity index (χ3n) is 1.52. The van der Waals surface area contributed by atoms with Gasteiger partial charge in [-0.1, -0.05) is 11.2 Å². The van der Waals surface area contributed by atoms with Gasteiger partial charge in [-0.2, -0.15) is 0 Å². The van der Waals surface area contributed by atoms with Crippen LogP contribution in [0.25, 0.3) is 10.4 Å². The number of allylic oxidation sites excluding steroid dienone is 2. The van der Waals surface area contributed by atoms with Crippen molar-refractivity contribution in [1.82, 2.24) is 5.32 Å². The minimum atomic E-state index is 0.0197. The maximum Gasteiger partial charge on any atom is 0.175 e. The summed E-state index contributed by atoms with van der Waals surface area (Å²) < 4.78 is 0. The third kappa shape index (κ3) is 5.75. The zero-order valence-corrected chi connectivity index (χ0v) is 7.95. The molecule has 0 amide bonds. The zero-order chi connectivity index (χ0) is 10.1. The Kier molecular flexibility index (Phi) is 6.37. The molecule has 0 fully saturated rings. The Morgan fingerprint density at radius 1 is 1.69 bits per heavy atom. The predicted molar refractivity (Wildman–Crippen MR) is 51.1 cm³/mol. The summed E-state index contributed by atoms with van der Waals surface area (Å²) in [6.45, 7) is 1.98. The van der Waals surface area contributed by atoms with Gasteiger partial charge < -0.3 is 5.32 Å². The lowest BCUT2D eigenvalue weighted by Crippen LogP contribution is -2.13. The molecule has 72 valence electrons. The molecule has 1 N–H and O–H groups in total. The van der Waals surface area contributed by atoms with Gasteiger partial charge in [0.2, 0.25) is 0 Å². The molecule has 5 nitrogen and oxygen atoms in total. The number of nitrogens with zero attached hydrogens (tertiary/aromatic N) is 3. The Labute approximate surface area is 77.4 Å². The molecule has 0 spiro atoms. The van der Waals surface area contributed by atoms with E-state index in [4.69, 9.17) is 5.53 Å². The van der Waals surface area contributed by atoms with Crippen molar-refractivity contribution in [1.29, 1.82) is 0 Å². The van der Waals surface area contributed by atoms with Crippen molar-refractivity contribution in [2.24, 2.45) is 5.11 Å². The zero-order valence-electron chi connectivity index (χ0n) is 7.95. The lowest BCUT2D eigenvalue weighted by Gasteiger charge is -2.00.